The minimum absolute atomic E-state index is 0.171. The van der Waals surface area contributed by atoms with Gasteiger partial charge >= 0.3 is 0 Å². The molecule has 1 aliphatic rings. The van der Waals surface area contributed by atoms with Gasteiger partial charge in [0.1, 0.15) is 0 Å². The molecule has 3 aromatic carbocycles. The number of amides is 1. The van der Waals surface area contributed by atoms with Crippen LogP contribution in [0.4, 0.5) is 11.4 Å². The number of ether oxygens (including phenoxy) is 4. The number of rotatable bonds is 8. The van der Waals surface area contributed by atoms with Crippen LogP contribution in [-0.4, -0.2) is 26.4 Å². The van der Waals surface area contributed by atoms with Gasteiger partial charge in [0.15, 0.2) is 29.6 Å². The van der Waals surface area contributed by atoms with Crippen molar-refractivity contribution in [3.8, 4) is 23.0 Å². The van der Waals surface area contributed by atoms with Crippen molar-refractivity contribution in [1.82, 2.24) is 0 Å². The van der Waals surface area contributed by atoms with Gasteiger partial charge in [0.2, 0.25) is 6.79 Å². The number of hydrogen-bond donors (Lipinski definition) is 2. The van der Waals surface area contributed by atoms with Crippen molar-refractivity contribution in [3.05, 3.63) is 70.7 Å². The lowest BCUT2D eigenvalue weighted by Gasteiger charge is -2.15. The highest BCUT2D eigenvalue weighted by molar-refractivity contribution is 6.31. The van der Waals surface area contributed by atoms with Gasteiger partial charge in [-0.25, -0.2) is 0 Å². The van der Waals surface area contributed by atoms with Crippen LogP contribution in [-0.2, 0) is 11.3 Å². The quantitative estimate of drug-likeness (QED) is 0.498. The lowest BCUT2D eigenvalue weighted by Crippen LogP contribution is -2.20. The molecule has 1 heterocycles. The molecule has 0 aromatic heterocycles. The Morgan fingerprint density at radius 1 is 1.00 bits per heavy atom. The van der Waals surface area contributed by atoms with E-state index >= 15 is 0 Å². The number of anilines is 2. The van der Waals surface area contributed by atoms with Gasteiger partial charge in [0.05, 0.1) is 7.11 Å². The number of aryl methyl sites for hydroxylation is 1. The summed E-state index contributed by atoms with van der Waals surface area (Å²) in [5.41, 5.74) is 3.51. The zero-order valence-corrected chi connectivity index (χ0v) is 18.5. The average Bonchev–Trinajstić information content (AvgIpc) is 3.26. The van der Waals surface area contributed by atoms with Crippen LogP contribution in [0.25, 0.3) is 0 Å². The van der Waals surface area contributed by atoms with E-state index in [1.807, 2.05) is 49.4 Å². The Hall–Kier alpha value is -3.58. The van der Waals surface area contributed by atoms with Gasteiger partial charge in [-0.05, 0) is 42.8 Å². The molecule has 1 aliphatic heterocycles. The van der Waals surface area contributed by atoms with Gasteiger partial charge < -0.3 is 29.6 Å². The summed E-state index contributed by atoms with van der Waals surface area (Å²) in [4.78, 5) is 12.2. The fourth-order valence-corrected chi connectivity index (χ4v) is 3.39. The first-order valence-electron chi connectivity index (χ1n) is 10.0. The number of fused-ring (bicyclic) bond motifs is 1. The molecule has 0 spiro atoms. The lowest BCUT2D eigenvalue weighted by molar-refractivity contribution is -0.118. The van der Waals surface area contributed by atoms with Crippen molar-refractivity contribution in [2.45, 2.75) is 13.5 Å². The molecule has 0 unspecified atom stereocenters. The van der Waals surface area contributed by atoms with E-state index in [9.17, 15) is 4.79 Å². The van der Waals surface area contributed by atoms with E-state index in [1.54, 1.807) is 12.1 Å². The first-order chi connectivity index (χ1) is 15.5. The first-order valence-corrected chi connectivity index (χ1v) is 10.4. The normalized spacial score (nSPS) is 11.7. The summed E-state index contributed by atoms with van der Waals surface area (Å²) in [5, 5.41) is 6.59. The van der Waals surface area contributed by atoms with Gasteiger partial charge in [0, 0.05) is 35.1 Å². The molecule has 166 valence electrons. The van der Waals surface area contributed by atoms with Crippen LogP contribution in [0.5, 0.6) is 23.0 Å². The highest BCUT2D eigenvalue weighted by Gasteiger charge is 2.15. The molecule has 1 amide bonds. The van der Waals surface area contributed by atoms with Crippen LogP contribution in [0.1, 0.15) is 11.1 Å². The number of carbonyl (C=O) groups is 1. The third-order valence-electron chi connectivity index (χ3n) is 4.88. The van der Waals surface area contributed by atoms with Crippen molar-refractivity contribution in [1.29, 1.82) is 0 Å². The third kappa shape index (κ3) is 5.18. The number of benzene rings is 3. The van der Waals surface area contributed by atoms with Crippen LogP contribution >= 0.6 is 11.6 Å². The third-order valence-corrected chi connectivity index (χ3v) is 5.23. The fraction of sp³-hybridized carbons (Fsp3) is 0.208. The van der Waals surface area contributed by atoms with Crippen molar-refractivity contribution in [2.24, 2.45) is 0 Å². The topological polar surface area (TPSA) is 78.1 Å². The second-order valence-electron chi connectivity index (χ2n) is 7.22. The van der Waals surface area contributed by atoms with Crippen LogP contribution in [0.3, 0.4) is 0 Å². The molecule has 8 heteroatoms. The largest absolute Gasteiger partial charge is 0.493 e. The summed E-state index contributed by atoms with van der Waals surface area (Å²) in [6, 6.07) is 16.6. The van der Waals surface area contributed by atoms with Crippen molar-refractivity contribution in [2.75, 3.05) is 31.1 Å². The lowest BCUT2D eigenvalue weighted by atomic mass is 10.2. The summed E-state index contributed by atoms with van der Waals surface area (Å²) in [5.74, 6) is 2.03. The first kappa shape index (κ1) is 21.6. The Kier molecular flexibility index (Phi) is 6.56. The Morgan fingerprint density at radius 3 is 2.53 bits per heavy atom. The molecule has 0 atom stereocenters. The summed E-state index contributed by atoms with van der Waals surface area (Å²) >= 11 is 6.46. The maximum atomic E-state index is 12.2. The second kappa shape index (κ2) is 9.70. The van der Waals surface area contributed by atoms with Crippen molar-refractivity contribution in [3.63, 3.8) is 0 Å². The highest BCUT2D eigenvalue weighted by atomic mass is 35.5. The predicted molar refractivity (Wildman–Crippen MR) is 123 cm³/mol. The molecule has 32 heavy (non-hydrogen) atoms. The molecular formula is C24H23ClN2O5. The van der Waals surface area contributed by atoms with Gasteiger partial charge in [0.25, 0.3) is 5.91 Å². The second-order valence-corrected chi connectivity index (χ2v) is 7.63. The van der Waals surface area contributed by atoms with Crippen molar-refractivity contribution < 1.29 is 23.7 Å². The Labute approximate surface area is 191 Å². The smallest absolute Gasteiger partial charge is 0.262 e. The monoisotopic (exact) mass is 454 g/mol. The van der Waals surface area contributed by atoms with E-state index in [-0.39, 0.29) is 19.3 Å². The van der Waals surface area contributed by atoms with E-state index in [0.717, 1.165) is 22.6 Å². The molecular weight excluding hydrogens is 432 g/mol. The summed E-state index contributed by atoms with van der Waals surface area (Å²) in [7, 11) is 1.54. The van der Waals surface area contributed by atoms with Gasteiger partial charge in [-0.15, -0.1) is 0 Å². The van der Waals surface area contributed by atoms with Crippen LogP contribution in [0, 0.1) is 6.92 Å². The fourth-order valence-electron chi connectivity index (χ4n) is 3.17. The minimum Gasteiger partial charge on any atom is -0.493 e. The summed E-state index contributed by atoms with van der Waals surface area (Å²) in [6.07, 6.45) is 0. The summed E-state index contributed by atoms with van der Waals surface area (Å²) in [6.45, 7) is 2.50. The van der Waals surface area contributed by atoms with E-state index in [1.165, 1.54) is 7.11 Å². The molecule has 3 aromatic rings. The van der Waals surface area contributed by atoms with Crippen LogP contribution in [0.15, 0.2) is 54.6 Å². The minimum atomic E-state index is -0.277. The number of nitrogens with one attached hydrogen (secondary N) is 2. The van der Waals surface area contributed by atoms with Crippen LogP contribution in [0.2, 0.25) is 5.02 Å². The predicted octanol–water partition coefficient (Wildman–Crippen LogP) is 5.02. The Balaban J connectivity index is 1.38. The molecule has 0 fully saturated rings. The number of methoxy groups -OCH3 is 1. The van der Waals surface area contributed by atoms with Crippen molar-refractivity contribution >= 4 is 28.9 Å². The number of carbonyl (C=O) groups excluding carboxylic acids is 1. The Bertz CT molecular complexity index is 1120. The molecule has 0 bridgehead atoms. The molecule has 0 saturated heterocycles. The molecule has 0 saturated carbocycles. The van der Waals surface area contributed by atoms with Gasteiger partial charge in [-0.1, -0.05) is 29.3 Å². The maximum Gasteiger partial charge on any atom is 0.262 e. The zero-order valence-electron chi connectivity index (χ0n) is 17.7. The standard InChI is InChI=1S/C24H23ClN2O5/c1-15-3-5-17(6-4-15)27-24(28)13-30-23-11-19(25)16(9-21(23)29-2)12-26-18-7-8-20-22(10-18)32-14-31-20/h3-11,26H,12-14H2,1-2H3,(H,27,28). The van der Waals surface area contributed by atoms with Gasteiger partial charge in [-0.2, -0.15) is 0 Å². The highest BCUT2D eigenvalue weighted by Crippen LogP contribution is 2.36. The van der Waals surface area contributed by atoms with Crippen LogP contribution < -0.4 is 29.6 Å². The Morgan fingerprint density at radius 2 is 1.75 bits per heavy atom. The maximum absolute atomic E-state index is 12.2. The zero-order chi connectivity index (χ0) is 22.5. The van der Waals surface area contributed by atoms with E-state index in [0.29, 0.717) is 34.5 Å². The molecule has 0 aliphatic carbocycles. The van der Waals surface area contributed by atoms with E-state index in [2.05, 4.69) is 10.6 Å². The number of hydrogen-bond acceptors (Lipinski definition) is 6. The van der Waals surface area contributed by atoms with Gasteiger partial charge in [-0.3, -0.25) is 4.79 Å². The molecule has 4 rings (SSSR count). The number of halogens is 1. The SMILES string of the molecule is COc1cc(CNc2ccc3c(c2)OCO3)c(Cl)cc1OCC(=O)Nc1ccc(C)cc1. The average molecular weight is 455 g/mol. The molecule has 7 nitrogen and oxygen atoms in total. The molecule has 2 N–H and O–H groups in total. The van der Waals surface area contributed by atoms with E-state index in [4.69, 9.17) is 30.5 Å². The summed E-state index contributed by atoms with van der Waals surface area (Å²) < 4.78 is 21.8. The molecule has 0 radical (unpaired) electrons. The van der Waals surface area contributed by atoms with E-state index < -0.39 is 0 Å².